The Balaban J connectivity index is 2.06. The smallest absolute Gasteiger partial charge is 0.410 e. The number of carbonyl (C=O) groups excluding carboxylic acids is 1. The maximum Gasteiger partial charge on any atom is 0.410 e. The van der Waals surface area contributed by atoms with Crippen molar-refractivity contribution in [3.63, 3.8) is 0 Å². The highest BCUT2D eigenvalue weighted by Gasteiger charge is 2.38. The molecule has 6 nitrogen and oxygen atoms in total. The number of carbonyl (C=O) groups is 1. The standard InChI is InChI=1S/C10H18N2O4S/c11-5-8-7-16-10(13)12(8)6-9-3-1-2-4-17(9,14)15/h8-9H,1-7,11H2. The van der Waals surface area contributed by atoms with E-state index in [2.05, 4.69) is 0 Å². The van der Waals surface area contributed by atoms with Gasteiger partial charge < -0.3 is 10.5 Å². The second kappa shape index (κ2) is 4.81. The molecule has 0 saturated carbocycles. The molecule has 2 N–H and O–H groups in total. The molecule has 0 radical (unpaired) electrons. The zero-order valence-corrected chi connectivity index (χ0v) is 10.5. The minimum absolute atomic E-state index is 0.181. The molecular weight excluding hydrogens is 244 g/mol. The summed E-state index contributed by atoms with van der Waals surface area (Å²) in [5, 5.41) is -0.448. The number of sulfone groups is 1. The zero-order valence-electron chi connectivity index (χ0n) is 9.67. The van der Waals surface area contributed by atoms with E-state index in [9.17, 15) is 13.2 Å². The van der Waals surface area contributed by atoms with E-state index in [4.69, 9.17) is 10.5 Å². The summed E-state index contributed by atoms with van der Waals surface area (Å²) in [6.07, 6.45) is 1.81. The van der Waals surface area contributed by atoms with Gasteiger partial charge in [0.05, 0.1) is 17.0 Å². The van der Waals surface area contributed by atoms with E-state index >= 15 is 0 Å². The van der Waals surface area contributed by atoms with Gasteiger partial charge >= 0.3 is 6.09 Å². The minimum Gasteiger partial charge on any atom is -0.447 e. The van der Waals surface area contributed by atoms with E-state index in [1.54, 1.807) is 0 Å². The van der Waals surface area contributed by atoms with Crippen LogP contribution in [-0.2, 0) is 14.6 Å². The topological polar surface area (TPSA) is 89.7 Å². The van der Waals surface area contributed by atoms with Crippen molar-refractivity contribution in [3.05, 3.63) is 0 Å². The Morgan fingerprint density at radius 3 is 2.82 bits per heavy atom. The molecule has 1 amide bonds. The average Bonchev–Trinajstić information content (AvgIpc) is 2.63. The lowest BCUT2D eigenvalue weighted by Crippen LogP contribution is -2.46. The van der Waals surface area contributed by atoms with Crippen LogP contribution in [0.2, 0.25) is 0 Å². The number of nitrogens with two attached hydrogens (primary N) is 1. The molecule has 2 unspecified atom stereocenters. The molecule has 17 heavy (non-hydrogen) atoms. The highest BCUT2D eigenvalue weighted by molar-refractivity contribution is 7.92. The third kappa shape index (κ3) is 2.55. The largest absolute Gasteiger partial charge is 0.447 e. The summed E-state index contributed by atoms with van der Waals surface area (Å²) in [4.78, 5) is 12.9. The number of amides is 1. The van der Waals surface area contributed by atoms with Gasteiger partial charge in [-0.25, -0.2) is 13.2 Å². The van der Waals surface area contributed by atoms with E-state index in [1.807, 2.05) is 0 Å². The van der Waals surface area contributed by atoms with Gasteiger partial charge in [0.25, 0.3) is 0 Å². The second-order valence-corrected chi connectivity index (χ2v) is 7.00. The quantitative estimate of drug-likeness (QED) is 0.756. The van der Waals surface area contributed by atoms with Crippen LogP contribution in [0.5, 0.6) is 0 Å². The molecule has 98 valence electrons. The lowest BCUT2D eigenvalue weighted by molar-refractivity contribution is 0.157. The van der Waals surface area contributed by atoms with Gasteiger partial charge in [-0.05, 0) is 12.8 Å². The Bertz CT molecular complexity index is 395. The minimum atomic E-state index is -3.06. The van der Waals surface area contributed by atoms with E-state index < -0.39 is 21.2 Å². The summed E-state index contributed by atoms with van der Waals surface area (Å²) >= 11 is 0. The molecule has 0 aromatic carbocycles. The lowest BCUT2D eigenvalue weighted by atomic mass is 10.1. The fourth-order valence-electron chi connectivity index (χ4n) is 2.35. The number of rotatable bonds is 3. The monoisotopic (exact) mass is 262 g/mol. The fraction of sp³-hybridized carbons (Fsp3) is 0.900. The van der Waals surface area contributed by atoms with E-state index in [0.717, 1.165) is 12.8 Å². The summed E-state index contributed by atoms with van der Waals surface area (Å²) in [5.41, 5.74) is 5.54. The van der Waals surface area contributed by atoms with E-state index in [0.29, 0.717) is 13.0 Å². The van der Waals surface area contributed by atoms with Crippen LogP contribution in [0.1, 0.15) is 19.3 Å². The van der Waals surface area contributed by atoms with Crippen LogP contribution in [0.25, 0.3) is 0 Å². The Morgan fingerprint density at radius 1 is 1.41 bits per heavy atom. The third-order valence-electron chi connectivity index (χ3n) is 3.46. The molecular formula is C10H18N2O4S. The van der Waals surface area contributed by atoms with Gasteiger partial charge in [0.15, 0.2) is 9.84 Å². The Hall–Kier alpha value is -0.820. The van der Waals surface area contributed by atoms with Gasteiger partial charge in [-0.15, -0.1) is 0 Å². The maximum atomic E-state index is 11.9. The zero-order chi connectivity index (χ0) is 12.5. The first-order chi connectivity index (χ1) is 8.04. The molecule has 2 atom stereocenters. The van der Waals surface area contributed by atoms with Crippen LogP contribution < -0.4 is 5.73 Å². The van der Waals surface area contributed by atoms with Gasteiger partial charge in [-0.1, -0.05) is 6.42 Å². The summed E-state index contributed by atoms with van der Waals surface area (Å²) in [7, 11) is -3.06. The second-order valence-electron chi connectivity index (χ2n) is 4.60. The van der Waals surface area contributed by atoms with Crippen LogP contribution in [0, 0.1) is 0 Å². The maximum absolute atomic E-state index is 11.9. The molecule has 0 aromatic rings. The molecule has 2 heterocycles. The van der Waals surface area contributed by atoms with Crippen molar-refractivity contribution in [2.45, 2.75) is 30.6 Å². The first-order valence-corrected chi connectivity index (χ1v) is 7.61. The highest BCUT2D eigenvalue weighted by atomic mass is 32.2. The van der Waals surface area contributed by atoms with Crippen molar-refractivity contribution in [1.29, 1.82) is 0 Å². The summed E-state index contributed by atoms with van der Waals surface area (Å²) in [5.74, 6) is 0.230. The van der Waals surface area contributed by atoms with E-state index in [-0.39, 0.29) is 24.9 Å². The molecule has 0 aromatic heterocycles. The molecule has 2 rings (SSSR count). The van der Waals surface area contributed by atoms with Crippen molar-refractivity contribution < 1.29 is 17.9 Å². The molecule has 2 aliphatic rings. The summed E-state index contributed by atoms with van der Waals surface area (Å²) < 4.78 is 28.6. The fourth-order valence-corrected chi connectivity index (χ4v) is 4.21. The molecule has 2 saturated heterocycles. The van der Waals surface area contributed by atoms with Crippen LogP contribution in [-0.4, -0.2) is 56.2 Å². The lowest BCUT2D eigenvalue weighted by Gasteiger charge is -2.28. The highest BCUT2D eigenvalue weighted by Crippen LogP contribution is 2.23. The van der Waals surface area contributed by atoms with Crippen LogP contribution in [0.4, 0.5) is 4.79 Å². The third-order valence-corrected chi connectivity index (χ3v) is 5.72. The van der Waals surface area contributed by atoms with Crippen LogP contribution in [0.3, 0.4) is 0 Å². The Labute approximate surface area is 101 Å². The van der Waals surface area contributed by atoms with E-state index in [1.165, 1.54) is 4.90 Å². The number of cyclic esters (lactones) is 1. The van der Waals surface area contributed by atoms with Gasteiger partial charge in [-0.3, -0.25) is 4.90 Å². The van der Waals surface area contributed by atoms with Gasteiger partial charge in [-0.2, -0.15) is 0 Å². The van der Waals surface area contributed by atoms with Crippen molar-refractivity contribution in [2.75, 3.05) is 25.4 Å². The predicted molar refractivity (Wildman–Crippen MR) is 62.3 cm³/mol. The van der Waals surface area contributed by atoms with Gasteiger partial charge in [0.2, 0.25) is 0 Å². The first-order valence-electron chi connectivity index (χ1n) is 5.89. The number of hydrogen-bond acceptors (Lipinski definition) is 5. The number of nitrogens with zero attached hydrogens (tertiary/aromatic N) is 1. The van der Waals surface area contributed by atoms with Crippen molar-refractivity contribution >= 4 is 15.9 Å². The molecule has 2 aliphatic heterocycles. The normalized spacial score (nSPS) is 32.5. The van der Waals surface area contributed by atoms with Crippen molar-refractivity contribution in [2.24, 2.45) is 5.73 Å². The number of ether oxygens (including phenoxy) is 1. The van der Waals surface area contributed by atoms with Crippen LogP contribution >= 0.6 is 0 Å². The summed E-state index contributed by atoms with van der Waals surface area (Å²) in [6.45, 7) is 0.795. The Kier molecular flexibility index (Phi) is 3.58. The molecule has 2 fully saturated rings. The predicted octanol–water partition coefficient (Wildman–Crippen LogP) is -0.267. The molecule has 0 aliphatic carbocycles. The molecule has 7 heteroatoms. The molecule has 0 bridgehead atoms. The average molecular weight is 262 g/mol. The van der Waals surface area contributed by atoms with Gasteiger partial charge in [0, 0.05) is 13.1 Å². The van der Waals surface area contributed by atoms with Crippen molar-refractivity contribution in [3.8, 4) is 0 Å². The molecule has 0 spiro atoms. The summed E-state index contributed by atoms with van der Waals surface area (Å²) in [6, 6.07) is -0.181. The van der Waals surface area contributed by atoms with Crippen molar-refractivity contribution in [1.82, 2.24) is 4.90 Å². The first kappa shape index (κ1) is 12.6. The SMILES string of the molecule is NCC1COC(=O)N1CC1CCCCS1(=O)=O. The Morgan fingerprint density at radius 2 is 2.18 bits per heavy atom. The number of hydrogen-bond donors (Lipinski definition) is 1. The van der Waals surface area contributed by atoms with Gasteiger partial charge in [0.1, 0.15) is 6.61 Å². The van der Waals surface area contributed by atoms with Crippen LogP contribution in [0.15, 0.2) is 0 Å².